The molecule has 2 aromatic heterocycles. The zero-order valence-electron chi connectivity index (χ0n) is 15.3. The Morgan fingerprint density at radius 2 is 2.00 bits per heavy atom. The van der Waals surface area contributed by atoms with Crippen LogP contribution in [0.3, 0.4) is 0 Å². The third kappa shape index (κ3) is 5.22. The number of imidazole rings is 1. The molecule has 0 amide bonds. The molecule has 1 aromatic carbocycles. The Kier molecular flexibility index (Phi) is 6.33. The number of carbonyl (C=O) groups is 1. The van der Waals surface area contributed by atoms with Gasteiger partial charge in [0.15, 0.2) is 12.1 Å². The Labute approximate surface area is 162 Å². The molecule has 0 spiro atoms. The van der Waals surface area contributed by atoms with Crippen LogP contribution >= 0.6 is 11.6 Å². The summed E-state index contributed by atoms with van der Waals surface area (Å²) in [5, 5.41) is 7.65. The molecule has 3 aromatic rings. The van der Waals surface area contributed by atoms with Gasteiger partial charge in [-0.1, -0.05) is 11.6 Å². The van der Waals surface area contributed by atoms with Crippen LogP contribution < -0.4 is 10.6 Å². The second-order valence-corrected chi connectivity index (χ2v) is 6.75. The summed E-state index contributed by atoms with van der Waals surface area (Å²) in [5.74, 6) is 1.24. The van der Waals surface area contributed by atoms with Gasteiger partial charge in [0.1, 0.15) is 11.6 Å². The van der Waals surface area contributed by atoms with E-state index in [1.807, 2.05) is 7.05 Å². The molecule has 3 heterocycles. The maximum atomic E-state index is 10.9. The first kappa shape index (κ1) is 19.2. The van der Waals surface area contributed by atoms with Crippen LogP contribution in [-0.4, -0.2) is 63.9 Å². The highest BCUT2D eigenvalue weighted by Gasteiger charge is 2.09. The fourth-order valence-electron chi connectivity index (χ4n) is 2.64. The van der Waals surface area contributed by atoms with E-state index < -0.39 is 0 Å². The van der Waals surface area contributed by atoms with Gasteiger partial charge in [-0.2, -0.15) is 0 Å². The van der Waals surface area contributed by atoms with Crippen molar-refractivity contribution in [3.05, 3.63) is 41.6 Å². The number of fused-ring (bicyclic) bond motifs is 1. The highest BCUT2D eigenvalue weighted by molar-refractivity contribution is 6.31. The van der Waals surface area contributed by atoms with E-state index in [9.17, 15) is 4.79 Å². The fourth-order valence-corrected chi connectivity index (χ4v) is 2.81. The van der Waals surface area contributed by atoms with Crippen LogP contribution in [0.4, 0.5) is 11.6 Å². The lowest BCUT2D eigenvalue weighted by molar-refractivity contribution is 0.111. The largest absolute Gasteiger partial charge is 0.338 e. The van der Waals surface area contributed by atoms with Crippen molar-refractivity contribution >= 4 is 40.4 Å². The highest BCUT2D eigenvalue weighted by Crippen LogP contribution is 2.25. The van der Waals surface area contributed by atoms with Crippen molar-refractivity contribution in [2.45, 2.75) is 0 Å². The standard InChI is InChI=1S/C13H10ClN5O.C5H12N2/c1-19-5-11(15-7-19)17-13-9-4-8(14)2-3-10(9)16-12(6-20)18-13;1-7-4-2-6-3-5-7/h2-7H,1H3,(H,16,17,18);6H,2-5H2,1H3. The second kappa shape index (κ2) is 8.90. The van der Waals surface area contributed by atoms with Gasteiger partial charge in [0.2, 0.25) is 0 Å². The summed E-state index contributed by atoms with van der Waals surface area (Å²) in [7, 11) is 4.02. The number of likely N-dealkylation sites (N-methyl/N-ethyl adjacent to an activating group) is 1. The lowest BCUT2D eigenvalue weighted by Crippen LogP contribution is -2.40. The number of hydrogen-bond donors (Lipinski definition) is 2. The van der Waals surface area contributed by atoms with Crippen LogP contribution in [0.15, 0.2) is 30.7 Å². The first-order valence-electron chi connectivity index (χ1n) is 8.62. The van der Waals surface area contributed by atoms with Crippen LogP contribution in [-0.2, 0) is 7.05 Å². The summed E-state index contributed by atoms with van der Waals surface area (Å²) in [4.78, 5) is 25.7. The third-order valence-electron chi connectivity index (χ3n) is 4.07. The molecule has 27 heavy (non-hydrogen) atoms. The van der Waals surface area contributed by atoms with Crippen molar-refractivity contribution in [3.8, 4) is 0 Å². The summed E-state index contributed by atoms with van der Waals surface area (Å²) in [5.41, 5.74) is 0.643. The molecular formula is C18H22ClN7O. The lowest BCUT2D eigenvalue weighted by atomic mass is 10.2. The van der Waals surface area contributed by atoms with E-state index in [1.54, 1.807) is 35.3 Å². The van der Waals surface area contributed by atoms with E-state index in [0.717, 1.165) is 18.5 Å². The van der Waals surface area contributed by atoms with E-state index in [2.05, 4.69) is 37.5 Å². The van der Waals surface area contributed by atoms with Crippen molar-refractivity contribution in [2.24, 2.45) is 7.05 Å². The normalized spacial score (nSPS) is 14.5. The number of aromatic nitrogens is 4. The number of rotatable bonds is 3. The first-order chi connectivity index (χ1) is 13.0. The van der Waals surface area contributed by atoms with Gasteiger partial charge in [-0.15, -0.1) is 0 Å². The number of nitrogens with zero attached hydrogens (tertiary/aromatic N) is 5. The predicted molar refractivity (Wildman–Crippen MR) is 107 cm³/mol. The average molecular weight is 388 g/mol. The topological polar surface area (TPSA) is 88.0 Å². The minimum absolute atomic E-state index is 0.109. The van der Waals surface area contributed by atoms with E-state index in [-0.39, 0.29) is 5.82 Å². The van der Waals surface area contributed by atoms with Gasteiger partial charge >= 0.3 is 0 Å². The number of aryl methyl sites for hydroxylation is 1. The molecule has 9 heteroatoms. The molecule has 0 bridgehead atoms. The van der Waals surface area contributed by atoms with Crippen LogP contribution in [0.5, 0.6) is 0 Å². The molecule has 0 unspecified atom stereocenters. The van der Waals surface area contributed by atoms with Crippen LogP contribution in [0.2, 0.25) is 5.02 Å². The molecule has 8 nitrogen and oxygen atoms in total. The predicted octanol–water partition coefficient (Wildman–Crippen LogP) is 2.09. The number of hydrogen-bond acceptors (Lipinski definition) is 7. The average Bonchev–Trinajstić information content (AvgIpc) is 3.08. The van der Waals surface area contributed by atoms with E-state index in [0.29, 0.717) is 28.5 Å². The Bertz CT molecular complexity index is 921. The number of benzene rings is 1. The zero-order chi connectivity index (χ0) is 19.2. The highest BCUT2D eigenvalue weighted by atomic mass is 35.5. The van der Waals surface area contributed by atoms with Crippen molar-refractivity contribution in [1.82, 2.24) is 29.7 Å². The van der Waals surface area contributed by atoms with E-state index >= 15 is 0 Å². The number of nitrogens with one attached hydrogen (secondary N) is 2. The second-order valence-electron chi connectivity index (χ2n) is 6.31. The molecule has 2 N–H and O–H groups in total. The molecular weight excluding hydrogens is 366 g/mol. The molecule has 1 aliphatic heterocycles. The number of aldehydes is 1. The molecule has 0 aliphatic carbocycles. The minimum Gasteiger partial charge on any atom is -0.338 e. The molecule has 0 saturated carbocycles. The van der Waals surface area contributed by atoms with Crippen LogP contribution in [0.25, 0.3) is 10.9 Å². The van der Waals surface area contributed by atoms with Crippen LogP contribution in [0, 0.1) is 0 Å². The lowest BCUT2D eigenvalue weighted by Gasteiger charge is -2.21. The monoisotopic (exact) mass is 387 g/mol. The zero-order valence-corrected chi connectivity index (χ0v) is 16.1. The summed E-state index contributed by atoms with van der Waals surface area (Å²) in [6.07, 6.45) is 4.08. The molecule has 4 rings (SSSR count). The molecule has 1 fully saturated rings. The number of piperazine rings is 1. The summed E-state index contributed by atoms with van der Waals surface area (Å²) in [6.45, 7) is 4.74. The summed E-state index contributed by atoms with van der Waals surface area (Å²) in [6, 6.07) is 5.21. The van der Waals surface area contributed by atoms with Crippen molar-refractivity contribution in [3.63, 3.8) is 0 Å². The molecule has 142 valence electrons. The smallest absolute Gasteiger partial charge is 0.195 e. The Balaban J connectivity index is 0.000000253. The molecule has 0 radical (unpaired) electrons. The van der Waals surface area contributed by atoms with Crippen molar-refractivity contribution in [2.75, 3.05) is 38.5 Å². The Morgan fingerprint density at radius 1 is 1.22 bits per heavy atom. The maximum Gasteiger partial charge on any atom is 0.195 e. The first-order valence-corrected chi connectivity index (χ1v) is 8.99. The number of halogens is 1. The Morgan fingerprint density at radius 3 is 2.59 bits per heavy atom. The quantitative estimate of drug-likeness (QED) is 0.665. The van der Waals surface area contributed by atoms with Gasteiger partial charge in [0, 0.05) is 49.8 Å². The molecule has 0 atom stereocenters. The van der Waals surface area contributed by atoms with Gasteiger partial charge in [-0.3, -0.25) is 4.79 Å². The number of anilines is 2. The third-order valence-corrected chi connectivity index (χ3v) is 4.31. The van der Waals surface area contributed by atoms with E-state index in [1.165, 1.54) is 13.1 Å². The Hall–Kier alpha value is -2.55. The summed E-state index contributed by atoms with van der Waals surface area (Å²) >= 11 is 6.00. The van der Waals surface area contributed by atoms with Gasteiger partial charge in [-0.05, 0) is 25.2 Å². The van der Waals surface area contributed by atoms with Crippen molar-refractivity contribution < 1.29 is 4.79 Å². The van der Waals surface area contributed by atoms with Crippen LogP contribution in [0.1, 0.15) is 10.6 Å². The SMILES string of the molecule is CN1CCNCC1.Cn1cnc(Nc2nc(C=O)nc3ccc(Cl)cc23)c1. The summed E-state index contributed by atoms with van der Waals surface area (Å²) < 4.78 is 1.80. The molecule has 1 aliphatic rings. The number of carbonyl (C=O) groups excluding carboxylic acids is 1. The van der Waals surface area contributed by atoms with Gasteiger partial charge in [0.25, 0.3) is 0 Å². The van der Waals surface area contributed by atoms with Crippen molar-refractivity contribution in [1.29, 1.82) is 0 Å². The molecule has 1 saturated heterocycles. The van der Waals surface area contributed by atoms with Gasteiger partial charge < -0.3 is 20.1 Å². The van der Waals surface area contributed by atoms with Gasteiger partial charge in [-0.25, -0.2) is 15.0 Å². The van der Waals surface area contributed by atoms with E-state index in [4.69, 9.17) is 11.6 Å². The fraction of sp³-hybridized carbons (Fsp3) is 0.333. The van der Waals surface area contributed by atoms with Gasteiger partial charge in [0.05, 0.1) is 11.8 Å². The maximum absolute atomic E-state index is 10.9. The minimum atomic E-state index is 0.109.